The van der Waals surface area contributed by atoms with Crippen LogP contribution in [0.25, 0.3) is 0 Å². The third kappa shape index (κ3) is 8.53. The van der Waals surface area contributed by atoms with Crippen LogP contribution in [0.15, 0.2) is 78.9 Å². The first-order chi connectivity index (χ1) is 21.4. The predicted octanol–water partition coefficient (Wildman–Crippen LogP) is 4.86. The van der Waals surface area contributed by atoms with Gasteiger partial charge in [-0.15, -0.1) is 24.8 Å². The van der Waals surface area contributed by atoms with E-state index in [1.54, 1.807) is 0 Å². The summed E-state index contributed by atoms with van der Waals surface area (Å²) in [6.07, 6.45) is 2.71. The number of rotatable bonds is 9. The molecular formula is C35H46Cl4N4O5. The Labute approximate surface area is 305 Å². The van der Waals surface area contributed by atoms with E-state index in [0.717, 1.165) is 76.5 Å². The number of hydrogen-bond donors (Lipinski definition) is 1. The topological polar surface area (TPSA) is 128 Å². The van der Waals surface area contributed by atoms with Crippen LogP contribution in [0, 0.1) is 5.41 Å². The fourth-order valence-corrected chi connectivity index (χ4v) is 7.48. The lowest BCUT2D eigenvalue weighted by Gasteiger charge is -2.54. The van der Waals surface area contributed by atoms with E-state index in [4.69, 9.17) is 27.9 Å². The maximum Gasteiger partial charge on any atom is 0.248 e. The molecule has 2 unspecified atom stereocenters. The van der Waals surface area contributed by atoms with E-state index in [2.05, 4.69) is 27.4 Å². The number of morpholine rings is 1. The summed E-state index contributed by atoms with van der Waals surface area (Å²) in [4.78, 5) is 34.2. The molecule has 3 aromatic carbocycles. The number of ketones is 1. The van der Waals surface area contributed by atoms with Crippen LogP contribution in [-0.4, -0.2) is 96.5 Å². The van der Waals surface area contributed by atoms with Gasteiger partial charge in [0, 0.05) is 51.4 Å². The number of nitrogens with zero attached hydrogens (tertiary/aromatic N) is 3. The molecule has 0 spiro atoms. The highest BCUT2D eigenvalue weighted by molar-refractivity contribution is 6.42. The predicted molar refractivity (Wildman–Crippen MR) is 196 cm³/mol. The number of halogens is 4. The van der Waals surface area contributed by atoms with Crippen molar-refractivity contribution in [2.45, 2.75) is 31.2 Å². The lowest BCUT2D eigenvalue weighted by molar-refractivity contribution is -0.138. The molecule has 264 valence electrons. The number of hydrogen-bond acceptors (Lipinski definition) is 6. The molecule has 13 heteroatoms. The fraction of sp³-hybridized carbons (Fsp3) is 0.429. The van der Waals surface area contributed by atoms with Gasteiger partial charge in [0.2, 0.25) is 5.91 Å². The van der Waals surface area contributed by atoms with Gasteiger partial charge in [-0.3, -0.25) is 24.8 Å². The average molecular weight is 745 g/mol. The van der Waals surface area contributed by atoms with Gasteiger partial charge in [-0.05, 0) is 48.9 Å². The number of carbonyl (C=O) groups excluding carboxylic acids is 2. The highest BCUT2D eigenvalue weighted by Gasteiger charge is 2.58. The quantitative estimate of drug-likeness (QED) is 0.247. The van der Waals surface area contributed by atoms with Crippen LogP contribution in [0.5, 0.6) is 0 Å². The van der Waals surface area contributed by atoms with Crippen molar-refractivity contribution in [2.75, 3.05) is 59.0 Å². The number of hydrazine groups is 1. The normalized spacial score (nSPS) is 23.0. The van der Waals surface area contributed by atoms with Gasteiger partial charge in [0.05, 0.1) is 28.8 Å². The third-order valence-electron chi connectivity index (χ3n) is 9.62. The van der Waals surface area contributed by atoms with Crippen molar-refractivity contribution >= 4 is 59.7 Å². The Morgan fingerprint density at radius 1 is 0.750 bits per heavy atom. The van der Waals surface area contributed by atoms with E-state index in [9.17, 15) is 9.59 Å². The summed E-state index contributed by atoms with van der Waals surface area (Å²) in [6, 6.07) is 25.2. The van der Waals surface area contributed by atoms with Crippen LogP contribution in [0.3, 0.4) is 0 Å². The molecule has 6 rings (SSSR count). The van der Waals surface area contributed by atoms with E-state index in [1.165, 1.54) is 0 Å². The third-order valence-corrected chi connectivity index (χ3v) is 10.4. The molecule has 3 aromatic rings. The van der Waals surface area contributed by atoms with Crippen molar-refractivity contribution in [2.24, 2.45) is 5.41 Å². The van der Waals surface area contributed by atoms with Crippen LogP contribution in [-0.2, 0) is 15.1 Å². The monoisotopic (exact) mass is 742 g/mol. The number of ether oxygens (including phenoxy) is 1. The molecular weight excluding hydrogens is 698 g/mol. The highest BCUT2D eigenvalue weighted by atomic mass is 35.5. The largest absolute Gasteiger partial charge is 0.412 e. The van der Waals surface area contributed by atoms with Gasteiger partial charge >= 0.3 is 0 Å². The van der Waals surface area contributed by atoms with Gasteiger partial charge in [-0.25, -0.2) is 5.01 Å². The minimum atomic E-state index is -1.32. The van der Waals surface area contributed by atoms with Gasteiger partial charge in [0.25, 0.3) is 0 Å². The van der Waals surface area contributed by atoms with Crippen molar-refractivity contribution in [3.8, 4) is 0 Å². The molecule has 1 amide bonds. The summed E-state index contributed by atoms with van der Waals surface area (Å²) < 4.78 is 5.60. The standard InChI is InChI=1S/C35H40Cl2N4O3.2ClH.2H2O/c36-30-14-13-29(25-31(30)37)35(28-11-5-2-6-12-28)26-34(32(42)27-9-3-1-4-10-27,33(43)38-41-16-7-8-17-41)15-18-40(35)20-19-39-21-23-44-24-22-39;;;;/h1-6,9-14,25H,7-8,15-24,26H2,(H,38,43);2*1H;2*1H2. The average Bonchev–Trinajstić information content (AvgIpc) is 3.59. The number of nitrogens with one attached hydrogen (secondary N) is 1. The smallest absolute Gasteiger partial charge is 0.248 e. The molecule has 0 radical (unpaired) electrons. The summed E-state index contributed by atoms with van der Waals surface area (Å²) in [5.41, 5.74) is 3.51. The van der Waals surface area contributed by atoms with Crippen molar-refractivity contribution in [3.63, 3.8) is 0 Å². The molecule has 3 heterocycles. The van der Waals surface area contributed by atoms with Crippen LogP contribution in [0.2, 0.25) is 10.0 Å². The van der Waals surface area contributed by atoms with Gasteiger partial charge in [-0.1, -0.05) is 89.9 Å². The lowest BCUT2D eigenvalue weighted by atomic mass is 9.61. The van der Waals surface area contributed by atoms with Crippen molar-refractivity contribution in [1.82, 2.24) is 20.2 Å². The second-order valence-corrected chi connectivity index (χ2v) is 12.9. The molecule has 5 N–H and O–H groups in total. The summed E-state index contributed by atoms with van der Waals surface area (Å²) in [5, 5.41) is 2.88. The summed E-state index contributed by atoms with van der Waals surface area (Å²) >= 11 is 13.2. The van der Waals surface area contributed by atoms with E-state index in [-0.39, 0.29) is 53.9 Å². The van der Waals surface area contributed by atoms with Gasteiger partial charge < -0.3 is 15.7 Å². The molecule has 0 bridgehead atoms. The van der Waals surface area contributed by atoms with Crippen molar-refractivity contribution in [1.29, 1.82) is 0 Å². The van der Waals surface area contributed by atoms with E-state index >= 15 is 0 Å². The second kappa shape index (κ2) is 18.6. The SMILES string of the molecule is Cl.Cl.O.O.O=C(NN1CCCC1)C1(C(=O)c2ccccc2)CCN(CCN2CCOCC2)C(c2ccccc2)(c2ccc(Cl)c(Cl)c2)C1. The molecule has 48 heavy (non-hydrogen) atoms. The maximum atomic E-state index is 14.8. The number of piperidine rings is 1. The number of likely N-dealkylation sites (tertiary alicyclic amines) is 1. The minimum Gasteiger partial charge on any atom is -0.412 e. The first-order valence-corrected chi connectivity index (χ1v) is 16.4. The zero-order chi connectivity index (χ0) is 30.6. The molecule has 3 aliphatic heterocycles. The van der Waals surface area contributed by atoms with Gasteiger partial charge in [-0.2, -0.15) is 0 Å². The van der Waals surface area contributed by atoms with Crippen LogP contribution in [0.1, 0.15) is 47.2 Å². The molecule has 3 saturated heterocycles. The van der Waals surface area contributed by atoms with Crippen LogP contribution >= 0.6 is 48.0 Å². The van der Waals surface area contributed by atoms with Gasteiger partial charge in [0.1, 0.15) is 5.41 Å². The first-order valence-electron chi connectivity index (χ1n) is 15.6. The minimum absolute atomic E-state index is 0. The molecule has 0 aliphatic carbocycles. The summed E-state index contributed by atoms with van der Waals surface area (Å²) in [6.45, 7) is 6.92. The molecule has 9 nitrogen and oxygen atoms in total. The lowest BCUT2D eigenvalue weighted by Crippen LogP contribution is -2.63. The molecule has 0 saturated carbocycles. The maximum absolute atomic E-state index is 14.8. The Morgan fingerprint density at radius 3 is 2.00 bits per heavy atom. The number of carbonyl (C=O) groups is 2. The van der Waals surface area contributed by atoms with Crippen LogP contribution in [0.4, 0.5) is 0 Å². The summed E-state index contributed by atoms with van der Waals surface area (Å²) in [7, 11) is 0. The van der Waals surface area contributed by atoms with E-state index in [0.29, 0.717) is 28.6 Å². The Morgan fingerprint density at radius 2 is 1.38 bits per heavy atom. The van der Waals surface area contributed by atoms with Crippen molar-refractivity contribution in [3.05, 3.63) is 106 Å². The molecule has 2 atom stereocenters. The summed E-state index contributed by atoms with van der Waals surface area (Å²) in [5.74, 6) is -0.385. The second-order valence-electron chi connectivity index (χ2n) is 12.1. The Kier molecular flexibility index (Phi) is 16.3. The zero-order valence-electron chi connectivity index (χ0n) is 26.8. The number of amides is 1. The van der Waals surface area contributed by atoms with E-state index in [1.807, 2.05) is 71.7 Å². The molecule has 3 aliphatic rings. The Bertz CT molecular complexity index is 1460. The molecule has 0 aromatic heterocycles. The highest BCUT2D eigenvalue weighted by Crippen LogP contribution is 2.52. The Hall–Kier alpha value is -2.28. The number of benzene rings is 3. The molecule has 3 fully saturated rings. The van der Waals surface area contributed by atoms with Gasteiger partial charge in [0.15, 0.2) is 5.78 Å². The fourth-order valence-electron chi connectivity index (χ4n) is 7.18. The van der Waals surface area contributed by atoms with E-state index < -0.39 is 11.0 Å². The Balaban J connectivity index is 0.00000200. The first kappa shape index (κ1) is 41.9. The van der Waals surface area contributed by atoms with Crippen LogP contribution < -0.4 is 5.43 Å². The number of Topliss-reactive ketones (excluding diaryl/α,β-unsaturated/α-hetero) is 1. The zero-order valence-corrected chi connectivity index (χ0v) is 30.0. The van der Waals surface area contributed by atoms with Crippen molar-refractivity contribution < 1.29 is 25.3 Å².